The number of anilines is 2. The van der Waals surface area contributed by atoms with Gasteiger partial charge in [0, 0.05) is 6.42 Å². The van der Waals surface area contributed by atoms with E-state index in [1.165, 1.54) is 5.56 Å². The third-order valence-electron chi connectivity index (χ3n) is 4.34. The normalized spacial score (nSPS) is 12.2. The maximum Gasteiger partial charge on any atom is 0.265 e. The van der Waals surface area contributed by atoms with Gasteiger partial charge in [0.1, 0.15) is 5.75 Å². The van der Waals surface area contributed by atoms with E-state index in [-0.39, 0.29) is 17.2 Å². The Morgan fingerprint density at radius 3 is 2.07 bits per heavy atom. The zero-order valence-corrected chi connectivity index (χ0v) is 17.3. The fourth-order valence-corrected chi connectivity index (χ4v) is 2.67. The van der Waals surface area contributed by atoms with Crippen LogP contribution in [-0.4, -0.2) is 17.9 Å². The molecule has 5 nitrogen and oxygen atoms in total. The highest BCUT2D eigenvalue weighted by Crippen LogP contribution is 2.25. The monoisotopic (exact) mass is 382 g/mol. The molecule has 2 aromatic rings. The number of ether oxygens (including phenoxy) is 1. The molecule has 0 aliphatic heterocycles. The summed E-state index contributed by atoms with van der Waals surface area (Å²) in [5.74, 6) is 0.282. The van der Waals surface area contributed by atoms with Crippen molar-refractivity contribution in [1.82, 2.24) is 0 Å². The van der Waals surface area contributed by atoms with Crippen molar-refractivity contribution < 1.29 is 14.3 Å². The number of benzene rings is 2. The first kappa shape index (κ1) is 21.5. The molecule has 0 radical (unpaired) electrons. The number of rotatable bonds is 7. The van der Waals surface area contributed by atoms with Crippen LogP contribution in [0, 0.1) is 0 Å². The highest BCUT2D eigenvalue weighted by molar-refractivity contribution is 6.00. The van der Waals surface area contributed by atoms with Gasteiger partial charge in [0.05, 0.1) is 11.4 Å². The van der Waals surface area contributed by atoms with E-state index in [9.17, 15) is 9.59 Å². The molecule has 28 heavy (non-hydrogen) atoms. The quantitative estimate of drug-likeness (QED) is 0.698. The van der Waals surface area contributed by atoms with Crippen molar-refractivity contribution >= 4 is 23.2 Å². The predicted octanol–water partition coefficient (Wildman–Crippen LogP) is 5.13. The van der Waals surface area contributed by atoms with Crippen LogP contribution in [0.5, 0.6) is 5.75 Å². The van der Waals surface area contributed by atoms with Gasteiger partial charge in [0.2, 0.25) is 5.91 Å². The molecular weight excluding hydrogens is 352 g/mol. The van der Waals surface area contributed by atoms with Crippen molar-refractivity contribution in [3.63, 3.8) is 0 Å². The second kappa shape index (κ2) is 9.40. The molecule has 0 fully saturated rings. The molecule has 0 saturated carbocycles. The number of nitrogens with one attached hydrogen (secondary N) is 2. The molecule has 0 aliphatic carbocycles. The van der Waals surface area contributed by atoms with Gasteiger partial charge >= 0.3 is 0 Å². The molecule has 2 aromatic carbocycles. The first-order chi connectivity index (χ1) is 13.2. The summed E-state index contributed by atoms with van der Waals surface area (Å²) in [6, 6.07) is 14.9. The lowest BCUT2D eigenvalue weighted by Crippen LogP contribution is -2.30. The molecule has 1 atom stereocenters. The lowest BCUT2D eigenvalue weighted by molar-refractivity contribution is -0.122. The summed E-state index contributed by atoms with van der Waals surface area (Å²) < 4.78 is 5.78. The summed E-state index contributed by atoms with van der Waals surface area (Å²) in [6.07, 6.45) is 0.519. The molecule has 5 heteroatoms. The van der Waals surface area contributed by atoms with Crippen molar-refractivity contribution in [2.24, 2.45) is 0 Å². The zero-order valence-electron chi connectivity index (χ0n) is 17.3. The topological polar surface area (TPSA) is 67.4 Å². The smallest absolute Gasteiger partial charge is 0.265 e. The summed E-state index contributed by atoms with van der Waals surface area (Å²) in [5, 5.41) is 5.67. The Labute approximate surface area is 167 Å². The second-order valence-corrected chi connectivity index (χ2v) is 7.87. The summed E-state index contributed by atoms with van der Waals surface area (Å²) in [5.41, 5.74) is 2.40. The fraction of sp³-hybridized carbons (Fsp3) is 0.391. The van der Waals surface area contributed by atoms with Crippen molar-refractivity contribution in [3.8, 4) is 5.75 Å². The van der Waals surface area contributed by atoms with Crippen LogP contribution in [0.15, 0.2) is 48.5 Å². The number of hydrogen-bond acceptors (Lipinski definition) is 3. The fourth-order valence-electron chi connectivity index (χ4n) is 2.67. The van der Waals surface area contributed by atoms with Crippen molar-refractivity contribution in [3.05, 3.63) is 54.1 Å². The lowest BCUT2D eigenvalue weighted by Gasteiger charge is -2.20. The maximum atomic E-state index is 12.6. The molecule has 2 N–H and O–H groups in total. The molecule has 2 amide bonds. The predicted molar refractivity (Wildman–Crippen MR) is 114 cm³/mol. The van der Waals surface area contributed by atoms with Crippen LogP contribution in [0.4, 0.5) is 11.4 Å². The van der Waals surface area contributed by atoms with Crippen molar-refractivity contribution in [1.29, 1.82) is 0 Å². The van der Waals surface area contributed by atoms with Crippen molar-refractivity contribution in [2.45, 2.75) is 59.0 Å². The Kier molecular flexibility index (Phi) is 7.21. The van der Waals surface area contributed by atoms with Crippen LogP contribution in [0.1, 0.15) is 53.0 Å². The van der Waals surface area contributed by atoms with Gasteiger partial charge in [0.25, 0.3) is 5.91 Å². The summed E-state index contributed by atoms with van der Waals surface area (Å²) in [6.45, 7) is 10.1. The molecule has 0 bridgehead atoms. The van der Waals surface area contributed by atoms with Gasteiger partial charge in [-0.3, -0.25) is 9.59 Å². The molecular formula is C23H30N2O3. The average Bonchev–Trinajstić information content (AvgIpc) is 2.63. The SMILES string of the molecule is CCCC(=O)Nc1ccccc1NC(=O)[C@H](C)Oc1ccc(C(C)(C)C)cc1. The molecule has 0 saturated heterocycles. The van der Waals surface area contributed by atoms with E-state index in [4.69, 9.17) is 4.74 Å². The van der Waals surface area contributed by atoms with Crippen molar-refractivity contribution in [2.75, 3.05) is 10.6 Å². The Bertz CT molecular complexity index is 807. The van der Waals surface area contributed by atoms with Gasteiger partial charge in [-0.2, -0.15) is 0 Å². The van der Waals surface area contributed by atoms with Gasteiger partial charge < -0.3 is 15.4 Å². The van der Waals surface area contributed by atoms with E-state index in [2.05, 4.69) is 31.4 Å². The molecule has 2 rings (SSSR count). The molecule has 0 unspecified atom stereocenters. The largest absolute Gasteiger partial charge is 0.481 e. The second-order valence-electron chi connectivity index (χ2n) is 7.87. The number of carbonyl (C=O) groups is 2. The minimum Gasteiger partial charge on any atom is -0.481 e. The standard InChI is InChI=1S/C23H30N2O3/c1-6-9-21(26)24-19-10-7-8-11-20(19)25-22(27)16(2)28-18-14-12-17(13-15-18)23(3,4)5/h7-8,10-16H,6,9H2,1-5H3,(H,24,26)(H,25,27)/t16-/m0/s1. The Morgan fingerprint density at radius 2 is 1.54 bits per heavy atom. The minimum atomic E-state index is -0.681. The van der Waals surface area contributed by atoms with E-state index < -0.39 is 6.10 Å². The van der Waals surface area contributed by atoms with Crippen LogP contribution in [0.3, 0.4) is 0 Å². The summed E-state index contributed by atoms with van der Waals surface area (Å²) >= 11 is 0. The van der Waals surface area contributed by atoms with Crippen LogP contribution in [-0.2, 0) is 15.0 Å². The van der Waals surface area contributed by atoms with Crippen LogP contribution < -0.4 is 15.4 Å². The molecule has 0 spiro atoms. The van der Waals surface area contributed by atoms with Crippen LogP contribution in [0.25, 0.3) is 0 Å². The van der Waals surface area contributed by atoms with Gasteiger partial charge in [0.15, 0.2) is 6.10 Å². The Hall–Kier alpha value is -2.82. The first-order valence-corrected chi connectivity index (χ1v) is 9.67. The molecule has 0 aromatic heterocycles. The number of hydrogen-bond donors (Lipinski definition) is 2. The highest BCUT2D eigenvalue weighted by Gasteiger charge is 2.18. The van der Waals surface area contributed by atoms with Crippen LogP contribution in [0.2, 0.25) is 0 Å². The third-order valence-corrected chi connectivity index (χ3v) is 4.34. The molecule has 0 heterocycles. The minimum absolute atomic E-state index is 0.0629. The van der Waals surface area contributed by atoms with E-state index >= 15 is 0 Å². The third kappa shape index (κ3) is 6.12. The molecule has 150 valence electrons. The summed E-state index contributed by atoms with van der Waals surface area (Å²) in [7, 11) is 0. The Balaban J connectivity index is 2.02. The van der Waals surface area contributed by atoms with E-state index in [0.717, 1.165) is 6.42 Å². The highest BCUT2D eigenvalue weighted by atomic mass is 16.5. The molecule has 0 aliphatic rings. The van der Waals surface area contributed by atoms with Gasteiger partial charge in [-0.15, -0.1) is 0 Å². The first-order valence-electron chi connectivity index (χ1n) is 9.67. The number of amides is 2. The van der Waals surface area contributed by atoms with Gasteiger partial charge in [-0.25, -0.2) is 0 Å². The number of para-hydroxylation sites is 2. The van der Waals surface area contributed by atoms with Crippen LogP contribution >= 0.6 is 0 Å². The van der Waals surface area contributed by atoms with Gasteiger partial charge in [-0.1, -0.05) is 52.0 Å². The lowest BCUT2D eigenvalue weighted by atomic mass is 9.87. The maximum absolute atomic E-state index is 12.6. The van der Waals surface area contributed by atoms with E-state index in [0.29, 0.717) is 23.5 Å². The zero-order chi connectivity index (χ0) is 20.7. The Morgan fingerprint density at radius 1 is 0.964 bits per heavy atom. The van der Waals surface area contributed by atoms with E-state index in [1.54, 1.807) is 19.1 Å². The average molecular weight is 383 g/mol. The van der Waals surface area contributed by atoms with E-state index in [1.807, 2.05) is 43.3 Å². The number of carbonyl (C=O) groups excluding carboxylic acids is 2. The van der Waals surface area contributed by atoms with Gasteiger partial charge in [-0.05, 0) is 48.6 Å². The summed E-state index contributed by atoms with van der Waals surface area (Å²) in [4.78, 5) is 24.4.